The summed E-state index contributed by atoms with van der Waals surface area (Å²) in [6.45, 7) is 3.28. The predicted octanol–water partition coefficient (Wildman–Crippen LogP) is 1.99. The fourth-order valence-electron chi connectivity index (χ4n) is 2.71. The predicted molar refractivity (Wildman–Crippen MR) is 75.6 cm³/mol. The molecular weight excluding hydrogens is 252 g/mol. The summed E-state index contributed by atoms with van der Waals surface area (Å²) in [5.74, 6) is 1.36. The van der Waals surface area contributed by atoms with E-state index in [4.69, 9.17) is 4.98 Å². The second kappa shape index (κ2) is 5.45. The maximum absolute atomic E-state index is 11.5. The molecule has 0 saturated carbocycles. The molecule has 0 aromatic carbocycles. The Morgan fingerprint density at radius 3 is 3.05 bits per heavy atom. The lowest BCUT2D eigenvalue weighted by Crippen LogP contribution is -2.37. The topological polar surface area (TPSA) is 51.0 Å². The van der Waals surface area contributed by atoms with Crippen molar-refractivity contribution in [1.29, 1.82) is 0 Å². The van der Waals surface area contributed by atoms with E-state index in [9.17, 15) is 4.79 Å². The van der Waals surface area contributed by atoms with Crippen LogP contribution in [0.2, 0.25) is 0 Å². The van der Waals surface area contributed by atoms with Crippen molar-refractivity contribution in [1.82, 2.24) is 19.4 Å². The zero-order valence-corrected chi connectivity index (χ0v) is 11.6. The van der Waals surface area contributed by atoms with Gasteiger partial charge in [-0.05, 0) is 25.0 Å². The van der Waals surface area contributed by atoms with Gasteiger partial charge >= 0.3 is 0 Å². The molecule has 1 atom stereocenters. The van der Waals surface area contributed by atoms with Crippen molar-refractivity contribution in [3.63, 3.8) is 0 Å². The Morgan fingerprint density at radius 2 is 2.30 bits per heavy atom. The molecule has 0 N–H and O–H groups in total. The molecule has 1 aliphatic heterocycles. The van der Waals surface area contributed by atoms with E-state index < -0.39 is 0 Å². The Labute approximate surface area is 118 Å². The average molecular weight is 270 g/mol. The molecule has 5 nitrogen and oxygen atoms in total. The smallest absolute Gasteiger partial charge is 0.219 e. The number of carbonyl (C=O) groups excluding carboxylic acids is 1. The lowest BCUT2D eigenvalue weighted by atomic mass is 9.94. The van der Waals surface area contributed by atoms with Crippen LogP contribution in [-0.2, 0) is 4.79 Å². The Morgan fingerprint density at radius 1 is 1.40 bits per heavy atom. The van der Waals surface area contributed by atoms with Crippen molar-refractivity contribution >= 4 is 5.91 Å². The number of imidazole rings is 1. The molecule has 0 aliphatic carbocycles. The molecule has 1 amide bonds. The third-order valence-electron chi connectivity index (χ3n) is 3.81. The van der Waals surface area contributed by atoms with E-state index in [0.717, 1.165) is 37.4 Å². The number of pyridine rings is 1. The molecule has 0 bridgehead atoms. The van der Waals surface area contributed by atoms with Crippen LogP contribution in [0, 0.1) is 0 Å². The quantitative estimate of drug-likeness (QED) is 0.838. The zero-order valence-electron chi connectivity index (χ0n) is 11.6. The first-order chi connectivity index (χ1) is 9.74. The van der Waals surface area contributed by atoms with Gasteiger partial charge in [0.05, 0.1) is 0 Å². The van der Waals surface area contributed by atoms with Gasteiger partial charge in [-0.3, -0.25) is 9.36 Å². The number of hydrogen-bond donors (Lipinski definition) is 0. The van der Waals surface area contributed by atoms with Crippen LogP contribution in [-0.4, -0.2) is 38.4 Å². The summed E-state index contributed by atoms with van der Waals surface area (Å²) in [5.41, 5.74) is 1.06. The first-order valence-corrected chi connectivity index (χ1v) is 6.95. The Kier molecular flexibility index (Phi) is 3.50. The normalized spacial score (nSPS) is 19.1. The van der Waals surface area contributed by atoms with Gasteiger partial charge in [-0.25, -0.2) is 9.97 Å². The van der Waals surface area contributed by atoms with Crippen LogP contribution in [0.1, 0.15) is 31.4 Å². The van der Waals surface area contributed by atoms with Gasteiger partial charge < -0.3 is 4.90 Å². The van der Waals surface area contributed by atoms with E-state index in [1.165, 1.54) is 0 Å². The van der Waals surface area contributed by atoms with Gasteiger partial charge in [-0.1, -0.05) is 6.07 Å². The minimum atomic E-state index is 0.153. The number of rotatable bonds is 2. The summed E-state index contributed by atoms with van der Waals surface area (Å²) >= 11 is 0. The highest BCUT2D eigenvalue weighted by atomic mass is 16.2. The maximum Gasteiger partial charge on any atom is 0.219 e. The van der Waals surface area contributed by atoms with Crippen LogP contribution in [0.25, 0.3) is 5.82 Å². The van der Waals surface area contributed by atoms with Crippen LogP contribution in [0.5, 0.6) is 0 Å². The Bertz CT molecular complexity index is 594. The fourth-order valence-corrected chi connectivity index (χ4v) is 2.71. The van der Waals surface area contributed by atoms with Crippen molar-refractivity contribution in [2.24, 2.45) is 0 Å². The summed E-state index contributed by atoms with van der Waals surface area (Å²) in [4.78, 5) is 22.2. The Hall–Kier alpha value is -2.17. The van der Waals surface area contributed by atoms with Crippen LogP contribution < -0.4 is 0 Å². The molecule has 2 aromatic rings. The molecule has 1 fully saturated rings. The molecule has 3 rings (SSSR count). The van der Waals surface area contributed by atoms with E-state index in [1.54, 1.807) is 19.4 Å². The molecule has 1 saturated heterocycles. The molecule has 1 aliphatic rings. The van der Waals surface area contributed by atoms with Crippen molar-refractivity contribution in [3.8, 4) is 5.82 Å². The number of likely N-dealkylation sites (tertiary alicyclic amines) is 1. The molecule has 5 heteroatoms. The lowest BCUT2D eigenvalue weighted by Gasteiger charge is -2.31. The van der Waals surface area contributed by atoms with Gasteiger partial charge in [0, 0.05) is 44.0 Å². The minimum absolute atomic E-state index is 0.153. The molecule has 20 heavy (non-hydrogen) atoms. The highest BCUT2D eigenvalue weighted by molar-refractivity contribution is 5.73. The highest BCUT2D eigenvalue weighted by Gasteiger charge is 2.23. The third-order valence-corrected chi connectivity index (χ3v) is 3.81. The summed E-state index contributed by atoms with van der Waals surface area (Å²) < 4.78 is 1.90. The van der Waals surface area contributed by atoms with Crippen LogP contribution >= 0.6 is 0 Å². The number of piperidine rings is 1. The first-order valence-electron chi connectivity index (χ1n) is 6.95. The first kappa shape index (κ1) is 12.8. The van der Waals surface area contributed by atoms with E-state index in [0.29, 0.717) is 5.92 Å². The number of aromatic nitrogens is 3. The number of amides is 1. The molecule has 1 unspecified atom stereocenters. The monoisotopic (exact) mass is 270 g/mol. The largest absolute Gasteiger partial charge is 0.342 e. The molecule has 3 heterocycles. The van der Waals surface area contributed by atoms with Gasteiger partial charge in [0.1, 0.15) is 12.1 Å². The second-order valence-electron chi connectivity index (χ2n) is 5.19. The minimum Gasteiger partial charge on any atom is -0.342 e. The number of carbonyl (C=O) groups is 1. The Balaban J connectivity index is 1.83. The molecule has 104 valence electrons. The summed E-state index contributed by atoms with van der Waals surface area (Å²) in [7, 11) is 0. The van der Waals surface area contributed by atoms with Crippen molar-refractivity contribution in [2.75, 3.05) is 13.1 Å². The molecular formula is C15H18N4O. The van der Waals surface area contributed by atoms with Gasteiger partial charge in [0.15, 0.2) is 0 Å². The fraction of sp³-hybridized carbons (Fsp3) is 0.400. The lowest BCUT2D eigenvalue weighted by molar-refractivity contribution is -0.130. The van der Waals surface area contributed by atoms with Crippen LogP contribution in [0.3, 0.4) is 0 Å². The van der Waals surface area contributed by atoms with Crippen molar-refractivity contribution in [2.45, 2.75) is 25.7 Å². The van der Waals surface area contributed by atoms with Crippen molar-refractivity contribution in [3.05, 3.63) is 42.6 Å². The van der Waals surface area contributed by atoms with Crippen LogP contribution in [0.4, 0.5) is 0 Å². The van der Waals surface area contributed by atoms with Crippen molar-refractivity contribution < 1.29 is 4.79 Å². The number of hydrogen-bond acceptors (Lipinski definition) is 3. The van der Waals surface area contributed by atoms with Gasteiger partial charge in [-0.2, -0.15) is 0 Å². The number of nitrogens with zero attached hydrogens (tertiary/aromatic N) is 4. The van der Waals surface area contributed by atoms with Gasteiger partial charge in [0.25, 0.3) is 0 Å². The van der Waals surface area contributed by atoms with Crippen LogP contribution in [0.15, 0.2) is 36.9 Å². The summed E-state index contributed by atoms with van der Waals surface area (Å²) in [6, 6.07) is 6.04. The molecule has 2 aromatic heterocycles. The molecule has 0 spiro atoms. The summed E-state index contributed by atoms with van der Waals surface area (Å²) in [5, 5.41) is 0. The maximum atomic E-state index is 11.5. The zero-order chi connectivity index (χ0) is 13.9. The van der Waals surface area contributed by atoms with E-state index >= 15 is 0 Å². The van der Waals surface area contributed by atoms with E-state index in [-0.39, 0.29) is 5.91 Å². The highest BCUT2D eigenvalue weighted by Crippen LogP contribution is 2.26. The van der Waals surface area contributed by atoms with E-state index in [1.807, 2.05) is 27.8 Å². The van der Waals surface area contributed by atoms with Gasteiger partial charge in [0.2, 0.25) is 5.91 Å². The summed E-state index contributed by atoms with van der Waals surface area (Å²) in [6.07, 6.45) is 7.50. The second-order valence-corrected chi connectivity index (χ2v) is 5.19. The van der Waals surface area contributed by atoms with Gasteiger partial charge in [-0.15, -0.1) is 0 Å². The SMILES string of the molecule is CC(=O)N1CCCC(c2cccc(-n3ccnc3)n2)C1. The average Bonchev–Trinajstić information content (AvgIpc) is 3.02. The third kappa shape index (κ3) is 2.57. The molecule has 0 radical (unpaired) electrons. The standard InChI is InChI=1S/C15H18N4O/c1-12(20)18-8-3-4-13(10-18)14-5-2-6-15(17-14)19-9-7-16-11-19/h2,5-7,9,11,13H,3-4,8,10H2,1H3. The van der Waals surface area contributed by atoms with E-state index in [2.05, 4.69) is 11.1 Å².